The number of hydrogen-bond donors (Lipinski definition) is 1. The van der Waals surface area contributed by atoms with Gasteiger partial charge in [0, 0.05) is 19.1 Å². The van der Waals surface area contributed by atoms with E-state index >= 15 is 0 Å². The fourth-order valence-electron chi connectivity index (χ4n) is 2.03. The molecule has 0 bridgehead atoms. The van der Waals surface area contributed by atoms with Gasteiger partial charge in [-0.2, -0.15) is 0 Å². The molecule has 0 aliphatic carbocycles. The van der Waals surface area contributed by atoms with E-state index in [0.29, 0.717) is 6.04 Å². The normalized spacial score (nSPS) is 13.0. The lowest BCUT2D eigenvalue weighted by molar-refractivity contribution is 0.270. The molecule has 2 heteroatoms. The molecule has 1 rings (SSSR count). The molecule has 0 saturated heterocycles. The van der Waals surface area contributed by atoms with Crippen molar-refractivity contribution in [2.75, 3.05) is 19.6 Å². The van der Waals surface area contributed by atoms with Gasteiger partial charge in [-0.3, -0.25) is 0 Å². The molecule has 2 nitrogen and oxygen atoms in total. The van der Waals surface area contributed by atoms with Gasteiger partial charge in [0.15, 0.2) is 0 Å². The van der Waals surface area contributed by atoms with Gasteiger partial charge in [-0.1, -0.05) is 38.1 Å². The van der Waals surface area contributed by atoms with Gasteiger partial charge in [0.2, 0.25) is 0 Å². The Labute approximate surface area is 106 Å². The Hall–Kier alpha value is -0.860. The van der Waals surface area contributed by atoms with Crippen LogP contribution in [0.1, 0.15) is 31.9 Å². The van der Waals surface area contributed by atoms with Crippen molar-refractivity contribution in [1.82, 2.24) is 10.2 Å². The van der Waals surface area contributed by atoms with Crippen LogP contribution in [0.25, 0.3) is 0 Å². The van der Waals surface area contributed by atoms with Gasteiger partial charge < -0.3 is 10.2 Å². The van der Waals surface area contributed by atoms with E-state index in [1.165, 1.54) is 11.1 Å². The van der Waals surface area contributed by atoms with Gasteiger partial charge in [0.25, 0.3) is 0 Å². The summed E-state index contributed by atoms with van der Waals surface area (Å²) in [5.41, 5.74) is 2.77. The first-order valence-corrected chi connectivity index (χ1v) is 6.67. The minimum atomic E-state index is 0.537. The lowest BCUT2D eigenvalue weighted by Crippen LogP contribution is -2.38. The number of benzene rings is 1. The summed E-state index contributed by atoms with van der Waals surface area (Å²) in [5.74, 6) is 0. The summed E-state index contributed by atoms with van der Waals surface area (Å²) in [6, 6.07) is 9.12. The van der Waals surface area contributed by atoms with Crippen LogP contribution < -0.4 is 5.32 Å². The second-order valence-corrected chi connectivity index (χ2v) is 4.69. The molecule has 17 heavy (non-hydrogen) atoms. The molecule has 0 aliphatic heterocycles. The van der Waals surface area contributed by atoms with Gasteiger partial charge in [0.1, 0.15) is 0 Å². The first-order chi connectivity index (χ1) is 8.17. The van der Waals surface area contributed by atoms with E-state index in [1.807, 2.05) is 0 Å². The fraction of sp³-hybridized carbons (Fsp3) is 0.600. The zero-order chi connectivity index (χ0) is 12.7. The molecule has 1 aromatic carbocycles. The van der Waals surface area contributed by atoms with Crippen molar-refractivity contribution in [3.63, 3.8) is 0 Å². The van der Waals surface area contributed by atoms with Gasteiger partial charge >= 0.3 is 0 Å². The van der Waals surface area contributed by atoms with E-state index in [-0.39, 0.29) is 0 Å². The molecule has 0 amide bonds. The summed E-state index contributed by atoms with van der Waals surface area (Å²) in [4.78, 5) is 2.45. The fourth-order valence-corrected chi connectivity index (χ4v) is 2.03. The molecule has 0 radical (unpaired) electrons. The number of nitrogens with one attached hydrogen (secondary N) is 1. The van der Waals surface area contributed by atoms with Crippen LogP contribution >= 0.6 is 0 Å². The number of nitrogens with zero attached hydrogens (tertiary/aromatic N) is 1. The maximum atomic E-state index is 3.60. The maximum Gasteiger partial charge on any atom is 0.0211 e. The zero-order valence-corrected chi connectivity index (χ0v) is 11.7. The highest BCUT2D eigenvalue weighted by atomic mass is 15.1. The monoisotopic (exact) mass is 234 g/mol. The molecule has 0 spiro atoms. The van der Waals surface area contributed by atoms with Crippen LogP contribution in [-0.2, 0) is 6.54 Å². The predicted octanol–water partition coefficient (Wildman–Crippen LogP) is 2.81. The van der Waals surface area contributed by atoms with Crippen LogP contribution in [0.2, 0.25) is 0 Å². The molecule has 0 saturated carbocycles. The van der Waals surface area contributed by atoms with E-state index < -0.39 is 0 Å². The van der Waals surface area contributed by atoms with Crippen molar-refractivity contribution in [2.45, 2.75) is 40.3 Å². The molecular formula is C15H26N2. The summed E-state index contributed by atoms with van der Waals surface area (Å²) >= 11 is 0. The molecule has 1 unspecified atom stereocenters. The van der Waals surface area contributed by atoms with Crippen molar-refractivity contribution in [1.29, 1.82) is 0 Å². The largest absolute Gasteiger partial charge is 0.309 e. The summed E-state index contributed by atoms with van der Waals surface area (Å²) in [6.45, 7) is 13.2. The molecule has 96 valence electrons. The Balaban J connectivity index is 2.38. The van der Waals surface area contributed by atoms with E-state index in [2.05, 4.69) is 62.2 Å². The average Bonchev–Trinajstić information content (AvgIpc) is 2.35. The quantitative estimate of drug-likeness (QED) is 0.780. The highest BCUT2D eigenvalue weighted by molar-refractivity contribution is 5.25. The second-order valence-electron chi connectivity index (χ2n) is 4.69. The van der Waals surface area contributed by atoms with Crippen molar-refractivity contribution in [3.8, 4) is 0 Å². The molecule has 1 aromatic rings. The minimum Gasteiger partial charge on any atom is -0.309 e. The van der Waals surface area contributed by atoms with Crippen molar-refractivity contribution in [2.24, 2.45) is 0 Å². The Morgan fingerprint density at radius 3 is 2.41 bits per heavy atom. The zero-order valence-electron chi connectivity index (χ0n) is 11.7. The van der Waals surface area contributed by atoms with Crippen LogP contribution in [0.15, 0.2) is 24.3 Å². The highest BCUT2D eigenvalue weighted by Crippen LogP contribution is 2.06. The van der Waals surface area contributed by atoms with E-state index in [1.54, 1.807) is 0 Å². The third-order valence-electron chi connectivity index (χ3n) is 3.33. The topological polar surface area (TPSA) is 15.3 Å². The van der Waals surface area contributed by atoms with Crippen molar-refractivity contribution >= 4 is 0 Å². The third-order valence-corrected chi connectivity index (χ3v) is 3.33. The number of aryl methyl sites for hydroxylation is 1. The maximum absolute atomic E-state index is 3.60. The standard InChI is InChI=1S/C15H26N2/c1-5-17(6-2)12-14(4)16-11-15-10-8-7-9-13(15)3/h7-10,14,16H,5-6,11-12H2,1-4H3. The van der Waals surface area contributed by atoms with Crippen LogP contribution in [0.5, 0.6) is 0 Å². The number of rotatable bonds is 7. The van der Waals surface area contributed by atoms with Crippen molar-refractivity contribution < 1.29 is 0 Å². The Morgan fingerprint density at radius 1 is 1.18 bits per heavy atom. The molecule has 0 aromatic heterocycles. The molecule has 1 atom stereocenters. The smallest absolute Gasteiger partial charge is 0.0211 e. The van der Waals surface area contributed by atoms with Gasteiger partial charge in [0.05, 0.1) is 0 Å². The molecule has 0 aliphatic rings. The van der Waals surface area contributed by atoms with Gasteiger partial charge in [-0.25, -0.2) is 0 Å². The van der Waals surface area contributed by atoms with Crippen LogP contribution in [0.4, 0.5) is 0 Å². The van der Waals surface area contributed by atoms with Crippen LogP contribution in [0, 0.1) is 6.92 Å². The molecule has 0 heterocycles. The summed E-state index contributed by atoms with van der Waals surface area (Å²) in [6.07, 6.45) is 0. The molecular weight excluding hydrogens is 208 g/mol. The lowest BCUT2D eigenvalue weighted by atomic mass is 10.1. The summed E-state index contributed by atoms with van der Waals surface area (Å²) in [5, 5.41) is 3.60. The summed E-state index contributed by atoms with van der Waals surface area (Å²) < 4.78 is 0. The van der Waals surface area contributed by atoms with Gasteiger partial charge in [-0.15, -0.1) is 0 Å². The number of likely N-dealkylation sites (N-methyl/N-ethyl adjacent to an activating group) is 1. The molecule has 1 N–H and O–H groups in total. The van der Waals surface area contributed by atoms with E-state index in [0.717, 1.165) is 26.2 Å². The first kappa shape index (κ1) is 14.2. The minimum absolute atomic E-state index is 0.537. The Morgan fingerprint density at radius 2 is 1.82 bits per heavy atom. The Kier molecular flexibility index (Phi) is 6.23. The van der Waals surface area contributed by atoms with Crippen LogP contribution in [-0.4, -0.2) is 30.6 Å². The van der Waals surface area contributed by atoms with E-state index in [9.17, 15) is 0 Å². The lowest BCUT2D eigenvalue weighted by Gasteiger charge is -2.23. The number of hydrogen-bond acceptors (Lipinski definition) is 2. The van der Waals surface area contributed by atoms with Gasteiger partial charge in [-0.05, 0) is 38.1 Å². The predicted molar refractivity (Wildman–Crippen MR) is 75.3 cm³/mol. The second kappa shape index (κ2) is 7.46. The highest BCUT2D eigenvalue weighted by Gasteiger charge is 2.06. The third kappa shape index (κ3) is 4.88. The average molecular weight is 234 g/mol. The van der Waals surface area contributed by atoms with Crippen LogP contribution in [0.3, 0.4) is 0 Å². The van der Waals surface area contributed by atoms with E-state index in [4.69, 9.17) is 0 Å². The van der Waals surface area contributed by atoms with Crippen molar-refractivity contribution in [3.05, 3.63) is 35.4 Å². The molecule has 0 fully saturated rings. The SMILES string of the molecule is CCN(CC)CC(C)NCc1ccccc1C. The Bertz CT molecular complexity index is 318. The summed E-state index contributed by atoms with van der Waals surface area (Å²) in [7, 11) is 0. The first-order valence-electron chi connectivity index (χ1n) is 6.67.